The van der Waals surface area contributed by atoms with E-state index < -0.39 is 17.1 Å². The van der Waals surface area contributed by atoms with Crippen LogP contribution < -0.4 is 0 Å². The topological polar surface area (TPSA) is 124 Å². The Morgan fingerprint density at radius 3 is 2.31 bits per heavy atom. The Morgan fingerprint density at radius 2 is 1.62 bits per heavy atom. The highest BCUT2D eigenvalue weighted by Gasteiger charge is 2.54. The van der Waals surface area contributed by atoms with Gasteiger partial charge in [0, 0.05) is 11.6 Å². The Morgan fingerprint density at radius 1 is 0.931 bits per heavy atom. The first-order chi connectivity index (χ1) is 13.7. The summed E-state index contributed by atoms with van der Waals surface area (Å²) in [6.07, 6.45) is 5.77. The third-order valence-electron chi connectivity index (χ3n) is 4.92. The number of fused-ring (bicyclic) bond motifs is 2. The van der Waals surface area contributed by atoms with E-state index in [9.17, 15) is 30.0 Å². The van der Waals surface area contributed by atoms with Gasteiger partial charge in [-0.1, -0.05) is 12.1 Å². The van der Waals surface area contributed by atoms with Gasteiger partial charge < -0.3 is 25.2 Å². The van der Waals surface area contributed by atoms with Gasteiger partial charge in [-0.25, -0.2) is 0 Å². The van der Waals surface area contributed by atoms with Crippen LogP contribution in [0.2, 0.25) is 0 Å². The van der Waals surface area contributed by atoms with Crippen molar-refractivity contribution in [2.24, 2.45) is 0 Å². The van der Waals surface area contributed by atoms with Gasteiger partial charge in [-0.3, -0.25) is 9.59 Å². The third kappa shape index (κ3) is 2.75. The van der Waals surface area contributed by atoms with Crippen LogP contribution in [0.15, 0.2) is 53.8 Å². The van der Waals surface area contributed by atoms with Crippen LogP contribution in [0.3, 0.4) is 0 Å². The molecule has 29 heavy (non-hydrogen) atoms. The molecule has 146 valence electrons. The number of hydrogen-bond donors (Lipinski definition) is 4. The minimum absolute atomic E-state index is 0.101. The lowest BCUT2D eigenvalue weighted by Crippen LogP contribution is -2.36. The molecule has 0 bridgehead atoms. The van der Waals surface area contributed by atoms with Crippen LogP contribution >= 0.6 is 0 Å². The predicted octanol–water partition coefficient (Wildman–Crippen LogP) is 2.89. The molecule has 7 nitrogen and oxygen atoms in total. The maximum Gasteiger partial charge on any atom is 0.225 e. The van der Waals surface area contributed by atoms with Gasteiger partial charge >= 0.3 is 0 Å². The first kappa shape index (κ1) is 18.4. The number of ketones is 2. The fourth-order valence-electron chi connectivity index (χ4n) is 3.54. The Bertz CT molecular complexity index is 1170. The maximum absolute atomic E-state index is 12.9. The molecule has 0 saturated heterocycles. The highest BCUT2D eigenvalue weighted by atomic mass is 16.5. The lowest BCUT2D eigenvalue weighted by Gasteiger charge is -2.27. The summed E-state index contributed by atoms with van der Waals surface area (Å²) in [7, 11) is 0. The summed E-state index contributed by atoms with van der Waals surface area (Å²) in [5, 5.41) is 38.6. The molecular formula is C22H16O7. The molecule has 4 N–H and O–H groups in total. The Labute approximate surface area is 165 Å². The lowest BCUT2D eigenvalue weighted by atomic mass is 9.85. The number of Topliss-reactive ketones (excluding diaryl/α,β-unsaturated/α-hetero) is 1. The molecule has 2 aliphatic rings. The van der Waals surface area contributed by atoms with E-state index in [2.05, 4.69) is 0 Å². The number of allylic oxidation sites excluding steroid dienone is 1. The number of benzene rings is 2. The highest BCUT2D eigenvalue weighted by molar-refractivity contribution is 6.16. The monoisotopic (exact) mass is 392 g/mol. The van der Waals surface area contributed by atoms with Crippen LogP contribution in [-0.2, 0) is 19.9 Å². The molecule has 1 heterocycles. The summed E-state index contributed by atoms with van der Waals surface area (Å²) < 4.78 is 5.92. The summed E-state index contributed by atoms with van der Waals surface area (Å²) in [6, 6.07) is 6.71. The van der Waals surface area contributed by atoms with Crippen LogP contribution in [0.5, 0.6) is 23.0 Å². The fourth-order valence-corrected chi connectivity index (χ4v) is 3.54. The zero-order valence-corrected chi connectivity index (χ0v) is 15.2. The smallest absolute Gasteiger partial charge is 0.225 e. The third-order valence-corrected chi connectivity index (χ3v) is 4.92. The molecule has 1 atom stereocenters. The van der Waals surface area contributed by atoms with Crippen LogP contribution in [0.25, 0.3) is 12.2 Å². The number of phenols is 4. The van der Waals surface area contributed by atoms with Gasteiger partial charge in [0.15, 0.2) is 28.8 Å². The van der Waals surface area contributed by atoms with Gasteiger partial charge in [-0.2, -0.15) is 0 Å². The number of carbonyl (C=O) groups is 2. The number of aromatic hydroxyl groups is 4. The fraction of sp³-hybridized carbons (Fsp3) is 0.0909. The van der Waals surface area contributed by atoms with E-state index >= 15 is 0 Å². The largest absolute Gasteiger partial charge is 0.504 e. The summed E-state index contributed by atoms with van der Waals surface area (Å²) in [5.41, 5.74) is -0.395. The number of carbonyl (C=O) groups excluding carboxylic acids is 2. The van der Waals surface area contributed by atoms with E-state index in [1.54, 1.807) is 12.1 Å². The van der Waals surface area contributed by atoms with Crippen molar-refractivity contribution in [2.45, 2.75) is 12.5 Å². The van der Waals surface area contributed by atoms with Gasteiger partial charge in [-0.15, -0.1) is 0 Å². The van der Waals surface area contributed by atoms with Crippen LogP contribution in [-0.4, -0.2) is 32.0 Å². The molecule has 0 aromatic heterocycles. The van der Waals surface area contributed by atoms with E-state index in [0.717, 1.165) is 0 Å². The molecule has 0 saturated carbocycles. The summed E-state index contributed by atoms with van der Waals surface area (Å²) in [4.78, 5) is 25.2. The number of ether oxygens (including phenoxy) is 1. The molecular weight excluding hydrogens is 376 g/mol. The number of rotatable bonds is 3. The minimum atomic E-state index is -1.72. The normalized spacial score (nSPS) is 20.0. The van der Waals surface area contributed by atoms with Crippen LogP contribution in [0, 0.1) is 0 Å². The standard InChI is InChI=1S/C22H16O7/c1-11(23)15-7-13-8-19(26)20(27)10-16(13)22(15)21(28)9-14(29-22)4-2-12-3-5-17(24)18(25)6-12/h2-10,24-27H,1H3/b4-2+. The van der Waals surface area contributed by atoms with Crippen molar-refractivity contribution in [3.63, 3.8) is 0 Å². The number of hydrogen-bond acceptors (Lipinski definition) is 7. The van der Waals surface area contributed by atoms with Crippen molar-refractivity contribution in [2.75, 3.05) is 0 Å². The van der Waals surface area contributed by atoms with E-state index in [1.165, 1.54) is 49.4 Å². The van der Waals surface area contributed by atoms with Crippen molar-refractivity contribution in [1.29, 1.82) is 0 Å². The molecule has 1 unspecified atom stereocenters. The van der Waals surface area contributed by atoms with Crippen LogP contribution in [0.1, 0.15) is 23.6 Å². The van der Waals surface area contributed by atoms with Gasteiger partial charge in [0.05, 0.1) is 5.57 Å². The quantitative estimate of drug-likeness (QED) is 0.592. The molecule has 4 rings (SSSR count). The molecule has 1 aliphatic heterocycles. The van der Waals surface area contributed by atoms with E-state index in [-0.39, 0.29) is 39.9 Å². The van der Waals surface area contributed by atoms with Crippen molar-refractivity contribution in [3.8, 4) is 23.0 Å². The molecule has 1 spiro atoms. The van der Waals surface area contributed by atoms with Crippen molar-refractivity contribution < 1.29 is 34.8 Å². The van der Waals surface area contributed by atoms with Crippen molar-refractivity contribution in [1.82, 2.24) is 0 Å². The minimum Gasteiger partial charge on any atom is -0.504 e. The number of phenolic OH excluding ortho intramolecular Hbond substituents is 4. The van der Waals surface area contributed by atoms with Gasteiger partial charge in [0.25, 0.3) is 0 Å². The second-order valence-electron chi connectivity index (χ2n) is 6.82. The maximum atomic E-state index is 12.9. The second kappa shape index (κ2) is 6.27. The molecule has 0 amide bonds. The molecule has 0 fully saturated rings. The first-order valence-corrected chi connectivity index (χ1v) is 8.67. The molecule has 1 aliphatic carbocycles. The van der Waals surface area contributed by atoms with E-state index in [0.29, 0.717) is 11.1 Å². The van der Waals surface area contributed by atoms with Crippen molar-refractivity contribution in [3.05, 3.63) is 70.5 Å². The molecule has 0 radical (unpaired) electrons. The van der Waals surface area contributed by atoms with Crippen LogP contribution in [0.4, 0.5) is 0 Å². The van der Waals surface area contributed by atoms with E-state index in [1.807, 2.05) is 0 Å². The summed E-state index contributed by atoms with van der Waals surface area (Å²) >= 11 is 0. The highest BCUT2D eigenvalue weighted by Crippen LogP contribution is 2.51. The summed E-state index contributed by atoms with van der Waals surface area (Å²) in [6.45, 7) is 1.31. The van der Waals surface area contributed by atoms with Crippen molar-refractivity contribution >= 4 is 23.7 Å². The molecule has 7 heteroatoms. The van der Waals surface area contributed by atoms with Gasteiger partial charge in [0.2, 0.25) is 11.4 Å². The average molecular weight is 392 g/mol. The second-order valence-corrected chi connectivity index (χ2v) is 6.82. The summed E-state index contributed by atoms with van der Waals surface area (Å²) in [5.74, 6) is -2.04. The Hall–Kier alpha value is -4.00. The first-order valence-electron chi connectivity index (χ1n) is 8.67. The predicted molar refractivity (Wildman–Crippen MR) is 103 cm³/mol. The average Bonchev–Trinajstić information content (AvgIpc) is 3.15. The molecule has 2 aromatic carbocycles. The SMILES string of the molecule is CC(=O)C1=Cc2cc(O)c(O)cc2C12OC(/C=C/c1ccc(O)c(O)c1)=CC2=O. The Kier molecular flexibility index (Phi) is 3.97. The molecule has 2 aromatic rings. The van der Waals surface area contributed by atoms with Gasteiger partial charge in [0.1, 0.15) is 5.76 Å². The van der Waals surface area contributed by atoms with E-state index in [4.69, 9.17) is 4.74 Å². The lowest BCUT2D eigenvalue weighted by molar-refractivity contribution is -0.130. The van der Waals surface area contributed by atoms with Gasteiger partial charge in [-0.05, 0) is 54.5 Å². The Balaban J connectivity index is 1.73. The zero-order valence-electron chi connectivity index (χ0n) is 15.2. The zero-order chi connectivity index (χ0) is 20.9.